The predicted molar refractivity (Wildman–Crippen MR) is 130 cm³/mol. The summed E-state index contributed by atoms with van der Waals surface area (Å²) in [5.41, 5.74) is -1.13. The molecule has 2 aliphatic heterocycles. The number of oxime groups is 1. The molecule has 0 radical (unpaired) electrons. The fourth-order valence-corrected chi connectivity index (χ4v) is 4.58. The number of benzene rings is 1. The molecule has 9 heteroatoms. The van der Waals surface area contributed by atoms with Crippen LogP contribution in [0.3, 0.4) is 0 Å². The fraction of sp³-hybridized carbons (Fsp3) is 0.519. The van der Waals surface area contributed by atoms with Gasteiger partial charge in [0, 0.05) is 30.3 Å². The van der Waals surface area contributed by atoms with Gasteiger partial charge in [-0.3, -0.25) is 19.4 Å². The van der Waals surface area contributed by atoms with Crippen LogP contribution in [-0.2, 0) is 28.7 Å². The van der Waals surface area contributed by atoms with Gasteiger partial charge in [0.15, 0.2) is 12.5 Å². The lowest BCUT2D eigenvalue weighted by atomic mass is 9.77. The molecule has 192 valence electrons. The van der Waals surface area contributed by atoms with E-state index in [0.29, 0.717) is 11.4 Å². The molecule has 2 aliphatic rings. The van der Waals surface area contributed by atoms with Crippen molar-refractivity contribution in [2.75, 3.05) is 6.67 Å². The first-order valence-corrected chi connectivity index (χ1v) is 12.1. The Kier molecular flexibility index (Phi) is 6.62. The number of aromatic nitrogens is 1. The number of halogens is 1. The molecular formula is C27H31FN2O6. The molecule has 0 amide bonds. The van der Waals surface area contributed by atoms with Crippen LogP contribution < -0.4 is 0 Å². The van der Waals surface area contributed by atoms with Crippen LogP contribution in [0.15, 0.2) is 41.7 Å². The number of esters is 2. The van der Waals surface area contributed by atoms with Crippen molar-refractivity contribution in [3.05, 3.63) is 42.2 Å². The molecule has 3 heterocycles. The molecule has 0 saturated carbocycles. The first-order chi connectivity index (χ1) is 16.9. The minimum Gasteiger partial charge on any atom is -0.419 e. The number of pyridine rings is 1. The lowest BCUT2D eigenvalue weighted by Crippen LogP contribution is -2.49. The van der Waals surface area contributed by atoms with Crippen molar-refractivity contribution in [1.82, 2.24) is 4.98 Å². The summed E-state index contributed by atoms with van der Waals surface area (Å²) in [4.78, 5) is 48.8. The minimum absolute atomic E-state index is 0.163. The molecule has 36 heavy (non-hydrogen) atoms. The van der Waals surface area contributed by atoms with Crippen molar-refractivity contribution < 1.29 is 33.1 Å². The van der Waals surface area contributed by atoms with E-state index < -0.39 is 41.3 Å². The molecule has 1 fully saturated rings. The van der Waals surface area contributed by atoms with Gasteiger partial charge >= 0.3 is 11.9 Å². The molecule has 4 rings (SSSR count). The van der Waals surface area contributed by atoms with Crippen LogP contribution in [0.25, 0.3) is 10.8 Å². The van der Waals surface area contributed by atoms with Crippen LogP contribution in [0.4, 0.5) is 4.39 Å². The van der Waals surface area contributed by atoms with Gasteiger partial charge in [-0.25, -0.2) is 4.39 Å². The van der Waals surface area contributed by atoms with Gasteiger partial charge in [0.1, 0.15) is 5.71 Å². The summed E-state index contributed by atoms with van der Waals surface area (Å²) in [6, 6.07) is 9.61. The topological polar surface area (TPSA) is 104 Å². The number of Topliss-reactive ketones (excluding diaryl/α,β-unsaturated/α-hetero) is 1. The van der Waals surface area contributed by atoms with Gasteiger partial charge in [-0.2, -0.15) is 0 Å². The molecule has 0 N–H and O–H groups in total. The molecule has 0 aliphatic carbocycles. The molecular weight excluding hydrogens is 467 g/mol. The fourth-order valence-electron chi connectivity index (χ4n) is 4.58. The highest BCUT2D eigenvalue weighted by Crippen LogP contribution is 2.43. The van der Waals surface area contributed by atoms with Gasteiger partial charge in [-0.05, 0) is 32.2 Å². The van der Waals surface area contributed by atoms with Crippen LogP contribution in [0.2, 0.25) is 0 Å². The standard InChI is InChI=1S/C27H31FN2O6/c1-16(2)26(14-20(30-36-26)23-19-9-7-6-8-17(19)10-11-29-23)21(31)12-18-13-22(32)34-27(18,15-28)35-24(33)25(3,4)5/h6-11,16,18H,12-15H2,1-5H3/t18-,26+,27-/m0/s1. The summed E-state index contributed by atoms with van der Waals surface area (Å²) < 4.78 is 24.9. The Labute approximate surface area is 209 Å². The van der Waals surface area contributed by atoms with Crippen LogP contribution in [-0.4, -0.2) is 46.5 Å². The van der Waals surface area contributed by atoms with E-state index in [1.165, 1.54) is 0 Å². The monoisotopic (exact) mass is 498 g/mol. The zero-order valence-corrected chi connectivity index (χ0v) is 21.2. The number of ketones is 1. The van der Waals surface area contributed by atoms with E-state index in [2.05, 4.69) is 10.1 Å². The van der Waals surface area contributed by atoms with E-state index in [1.807, 2.05) is 44.2 Å². The summed E-state index contributed by atoms with van der Waals surface area (Å²) in [5, 5.41) is 6.12. The largest absolute Gasteiger partial charge is 0.419 e. The van der Waals surface area contributed by atoms with E-state index in [4.69, 9.17) is 14.3 Å². The first kappa shape index (κ1) is 25.7. The highest BCUT2D eigenvalue weighted by molar-refractivity contribution is 6.12. The second kappa shape index (κ2) is 9.26. The number of carbonyl (C=O) groups excluding carboxylic acids is 3. The van der Waals surface area contributed by atoms with Gasteiger partial charge in [0.05, 0.1) is 23.4 Å². The van der Waals surface area contributed by atoms with Crippen molar-refractivity contribution in [2.24, 2.45) is 22.4 Å². The molecule has 2 aromatic rings. The third kappa shape index (κ3) is 4.47. The second-order valence-electron chi connectivity index (χ2n) is 10.8. The van der Waals surface area contributed by atoms with E-state index in [9.17, 15) is 18.8 Å². The van der Waals surface area contributed by atoms with Crippen molar-refractivity contribution in [3.8, 4) is 0 Å². The molecule has 1 aromatic heterocycles. The molecule has 0 bridgehead atoms. The first-order valence-electron chi connectivity index (χ1n) is 12.1. The zero-order chi connectivity index (χ0) is 26.3. The summed E-state index contributed by atoms with van der Waals surface area (Å²) in [5.74, 6) is -5.26. The van der Waals surface area contributed by atoms with Crippen molar-refractivity contribution in [3.63, 3.8) is 0 Å². The molecule has 1 aromatic carbocycles. The average molecular weight is 499 g/mol. The molecule has 1 saturated heterocycles. The number of nitrogens with zero attached hydrogens (tertiary/aromatic N) is 2. The van der Waals surface area contributed by atoms with E-state index in [0.717, 1.165) is 10.8 Å². The van der Waals surface area contributed by atoms with Crippen LogP contribution in [0.5, 0.6) is 0 Å². The van der Waals surface area contributed by atoms with Gasteiger partial charge < -0.3 is 14.3 Å². The maximum Gasteiger partial charge on any atom is 0.314 e. The highest BCUT2D eigenvalue weighted by Gasteiger charge is 2.58. The smallest absolute Gasteiger partial charge is 0.314 e. The lowest BCUT2D eigenvalue weighted by molar-refractivity contribution is -0.238. The predicted octanol–water partition coefficient (Wildman–Crippen LogP) is 4.53. The second-order valence-corrected chi connectivity index (χ2v) is 10.8. The SMILES string of the molecule is CC(C)[C@@]1(C(=O)C[C@H]2CC(=O)O[C@@]2(CF)OC(=O)C(C)(C)C)CC(c2nccc3ccccc23)=NO1. The Morgan fingerprint density at radius 1 is 1.22 bits per heavy atom. The van der Waals surface area contributed by atoms with Crippen LogP contribution >= 0.6 is 0 Å². The van der Waals surface area contributed by atoms with Crippen molar-refractivity contribution in [1.29, 1.82) is 0 Å². The van der Waals surface area contributed by atoms with Crippen LogP contribution in [0, 0.1) is 17.3 Å². The Morgan fingerprint density at radius 3 is 2.61 bits per heavy atom. The number of cyclic esters (lactones) is 1. The molecule has 8 nitrogen and oxygen atoms in total. The molecule has 3 atom stereocenters. The van der Waals surface area contributed by atoms with Crippen molar-refractivity contribution >= 4 is 34.2 Å². The van der Waals surface area contributed by atoms with Crippen LogP contribution in [0.1, 0.15) is 59.6 Å². The maximum atomic E-state index is 14.3. The third-order valence-electron chi connectivity index (χ3n) is 6.92. The summed E-state index contributed by atoms with van der Waals surface area (Å²) in [7, 11) is 0. The molecule has 0 unspecified atom stereocenters. The van der Waals surface area contributed by atoms with E-state index >= 15 is 0 Å². The van der Waals surface area contributed by atoms with E-state index in [1.54, 1.807) is 27.0 Å². The Morgan fingerprint density at radius 2 is 1.94 bits per heavy atom. The maximum absolute atomic E-state index is 14.3. The quantitative estimate of drug-likeness (QED) is 0.517. The Bertz CT molecular complexity index is 1230. The normalized spacial score (nSPS) is 26.0. The molecule has 0 spiro atoms. The average Bonchev–Trinajstić information content (AvgIpc) is 3.41. The Balaban J connectivity index is 1.60. The summed E-state index contributed by atoms with van der Waals surface area (Å²) in [6.07, 6.45) is 1.31. The van der Waals surface area contributed by atoms with Gasteiger partial charge in [0.25, 0.3) is 5.79 Å². The van der Waals surface area contributed by atoms with Gasteiger partial charge in [0.2, 0.25) is 5.60 Å². The third-order valence-corrected chi connectivity index (χ3v) is 6.92. The minimum atomic E-state index is -2.14. The number of hydrogen-bond acceptors (Lipinski definition) is 8. The lowest BCUT2D eigenvalue weighted by Gasteiger charge is -2.34. The number of hydrogen-bond donors (Lipinski definition) is 0. The van der Waals surface area contributed by atoms with E-state index in [-0.39, 0.29) is 31.0 Å². The zero-order valence-electron chi connectivity index (χ0n) is 21.2. The number of rotatable bonds is 7. The Hall–Kier alpha value is -3.36. The van der Waals surface area contributed by atoms with Gasteiger partial charge in [-0.15, -0.1) is 0 Å². The number of fused-ring (bicyclic) bond motifs is 1. The summed E-state index contributed by atoms with van der Waals surface area (Å²) in [6.45, 7) is 7.25. The number of alkyl halides is 1. The van der Waals surface area contributed by atoms with Crippen molar-refractivity contribution in [2.45, 2.75) is 65.3 Å². The number of ether oxygens (including phenoxy) is 2. The van der Waals surface area contributed by atoms with Gasteiger partial charge in [-0.1, -0.05) is 43.3 Å². The summed E-state index contributed by atoms with van der Waals surface area (Å²) >= 11 is 0. The highest BCUT2D eigenvalue weighted by atomic mass is 19.1. The number of carbonyl (C=O) groups is 3.